The predicted molar refractivity (Wildman–Crippen MR) is 49.9 cm³/mol. The van der Waals surface area contributed by atoms with Gasteiger partial charge in [0, 0.05) is 25.7 Å². The summed E-state index contributed by atoms with van der Waals surface area (Å²) in [6.45, 7) is 5.50. The van der Waals surface area contributed by atoms with Crippen LogP contribution in [0.5, 0.6) is 0 Å². The van der Waals surface area contributed by atoms with Crippen LogP contribution in [0.1, 0.15) is 19.8 Å². The SMILES string of the molecule is CC(CO)CN1CCC[C@@H](N)C1. The fourth-order valence-electron chi connectivity index (χ4n) is 1.76. The van der Waals surface area contributed by atoms with Gasteiger partial charge in [-0.1, -0.05) is 6.92 Å². The zero-order valence-corrected chi connectivity index (χ0v) is 7.87. The van der Waals surface area contributed by atoms with Gasteiger partial charge in [-0.2, -0.15) is 0 Å². The number of rotatable bonds is 3. The molecule has 0 spiro atoms. The third-order valence-corrected chi connectivity index (χ3v) is 2.42. The summed E-state index contributed by atoms with van der Waals surface area (Å²) in [6.07, 6.45) is 2.36. The van der Waals surface area contributed by atoms with Crippen molar-refractivity contribution >= 4 is 0 Å². The van der Waals surface area contributed by atoms with E-state index in [-0.39, 0.29) is 6.61 Å². The number of hydrogen-bond donors (Lipinski definition) is 2. The minimum Gasteiger partial charge on any atom is -0.396 e. The molecule has 1 rings (SSSR count). The highest BCUT2D eigenvalue weighted by molar-refractivity contribution is 4.75. The molecule has 0 radical (unpaired) electrons. The minimum absolute atomic E-state index is 0.283. The lowest BCUT2D eigenvalue weighted by Crippen LogP contribution is -2.44. The molecule has 1 aliphatic rings. The highest BCUT2D eigenvalue weighted by Crippen LogP contribution is 2.09. The quantitative estimate of drug-likeness (QED) is 0.632. The van der Waals surface area contributed by atoms with Crippen molar-refractivity contribution in [1.82, 2.24) is 4.90 Å². The van der Waals surface area contributed by atoms with Crippen molar-refractivity contribution in [3.8, 4) is 0 Å². The fourth-order valence-corrected chi connectivity index (χ4v) is 1.76. The smallest absolute Gasteiger partial charge is 0.0468 e. The summed E-state index contributed by atoms with van der Waals surface area (Å²) in [5, 5.41) is 8.87. The molecule has 72 valence electrons. The maximum atomic E-state index is 8.87. The first kappa shape index (κ1) is 9.96. The predicted octanol–water partition coefficient (Wildman–Crippen LogP) is 0.0379. The van der Waals surface area contributed by atoms with Gasteiger partial charge in [0.05, 0.1) is 0 Å². The molecule has 0 aromatic carbocycles. The molecule has 0 bridgehead atoms. The second-order valence-electron chi connectivity index (χ2n) is 3.95. The fraction of sp³-hybridized carbons (Fsp3) is 1.00. The van der Waals surface area contributed by atoms with Crippen molar-refractivity contribution in [2.24, 2.45) is 11.7 Å². The molecule has 2 atom stereocenters. The Labute approximate surface area is 74.5 Å². The van der Waals surface area contributed by atoms with Gasteiger partial charge in [-0.15, -0.1) is 0 Å². The molecule has 1 heterocycles. The number of nitrogens with zero attached hydrogens (tertiary/aromatic N) is 1. The lowest BCUT2D eigenvalue weighted by Gasteiger charge is -2.32. The van der Waals surface area contributed by atoms with Crippen LogP contribution >= 0.6 is 0 Å². The molecular weight excluding hydrogens is 152 g/mol. The number of aliphatic hydroxyl groups excluding tert-OH is 1. The Balaban J connectivity index is 2.22. The molecular formula is C9H20N2O. The molecule has 1 saturated heterocycles. The molecule has 0 aromatic heterocycles. The Morgan fingerprint density at radius 3 is 3.00 bits per heavy atom. The molecule has 0 aromatic rings. The number of hydrogen-bond acceptors (Lipinski definition) is 3. The van der Waals surface area contributed by atoms with Crippen LogP contribution in [-0.4, -0.2) is 42.3 Å². The maximum Gasteiger partial charge on any atom is 0.0468 e. The van der Waals surface area contributed by atoms with Gasteiger partial charge in [-0.25, -0.2) is 0 Å². The second-order valence-corrected chi connectivity index (χ2v) is 3.95. The van der Waals surface area contributed by atoms with Gasteiger partial charge >= 0.3 is 0 Å². The molecule has 1 unspecified atom stereocenters. The van der Waals surface area contributed by atoms with E-state index in [9.17, 15) is 0 Å². The topological polar surface area (TPSA) is 49.5 Å². The largest absolute Gasteiger partial charge is 0.396 e. The molecule has 3 nitrogen and oxygen atoms in total. The summed E-state index contributed by atoms with van der Waals surface area (Å²) in [6, 6.07) is 0.352. The Hall–Kier alpha value is -0.120. The summed E-state index contributed by atoms with van der Waals surface area (Å²) in [5.74, 6) is 0.385. The Kier molecular flexibility index (Phi) is 3.98. The van der Waals surface area contributed by atoms with Gasteiger partial charge in [-0.3, -0.25) is 0 Å². The van der Waals surface area contributed by atoms with Crippen LogP contribution in [0.3, 0.4) is 0 Å². The molecule has 1 fully saturated rings. The van der Waals surface area contributed by atoms with E-state index in [1.54, 1.807) is 0 Å². The maximum absolute atomic E-state index is 8.87. The Morgan fingerprint density at radius 1 is 1.67 bits per heavy atom. The Bertz CT molecular complexity index is 130. The molecule has 1 aliphatic heterocycles. The van der Waals surface area contributed by atoms with E-state index in [1.807, 2.05) is 0 Å². The van der Waals surface area contributed by atoms with Crippen molar-refractivity contribution in [2.45, 2.75) is 25.8 Å². The van der Waals surface area contributed by atoms with Gasteiger partial charge in [0.1, 0.15) is 0 Å². The van der Waals surface area contributed by atoms with Crippen LogP contribution < -0.4 is 5.73 Å². The van der Waals surface area contributed by atoms with Crippen molar-refractivity contribution in [3.63, 3.8) is 0 Å². The Morgan fingerprint density at radius 2 is 2.42 bits per heavy atom. The minimum atomic E-state index is 0.283. The molecule has 0 aliphatic carbocycles. The number of likely N-dealkylation sites (tertiary alicyclic amines) is 1. The molecule has 12 heavy (non-hydrogen) atoms. The van der Waals surface area contributed by atoms with E-state index in [1.165, 1.54) is 6.42 Å². The monoisotopic (exact) mass is 172 g/mol. The lowest BCUT2D eigenvalue weighted by atomic mass is 10.0. The van der Waals surface area contributed by atoms with Crippen LogP contribution in [0, 0.1) is 5.92 Å². The first-order valence-corrected chi connectivity index (χ1v) is 4.81. The standard InChI is InChI=1S/C9H20N2O/c1-8(7-12)5-11-4-2-3-9(10)6-11/h8-9,12H,2-7,10H2,1H3/t8?,9-/m1/s1. The number of aliphatic hydroxyl groups is 1. The van der Waals surface area contributed by atoms with Gasteiger partial charge in [0.25, 0.3) is 0 Å². The summed E-state index contributed by atoms with van der Waals surface area (Å²) in [5.41, 5.74) is 5.84. The van der Waals surface area contributed by atoms with Crippen LogP contribution in [-0.2, 0) is 0 Å². The lowest BCUT2D eigenvalue weighted by molar-refractivity contribution is 0.147. The van der Waals surface area contributed by atoms with Gasteiger partial charge in [0.2, 0.25) is 0 Å². The van der Waals surface area contributed by atoms with Crippen molar-refractivity contribution in [2.75, 3.05) is 26.2 Å². The highest BCUT2D eigenvalue weighted by atomic mass is 16.3. The van der Waals surface area contributed by atoms with Crippen LogP contribution in [0.4, 0.5) is 0 Å². The van der Waals surface area contributed by atoms with E-state index in [0.717, 1.165) is 26.1 Å². The van der Waals surface area contributed by atoms with E-state index >= 15 is 0 Å². The van der Waals surface area contributed by atoms with Gasteiger partial charge in [-0.05, 0) is 25.3 Å². The average Bonchev–Trinajstić information content (AvgIpc) is 2.04. The first-order chi connectivity index (χ1) is 5.72. The average molecular weight is 172 g/mol. The third kappa shape index (κ3) is 3.09. The van der Waals surface area contributed by atoms with Crippen LogP contribution in [0.2, 0.25) is 0 Å². The highest BCUT2D eigenvalue weighted by Gasteiger charge is 2.17. The number of piperidine rings is 1. The second kappa shape index (κ2) is 4.80. The zero-order valence-electron chi connectivity index (χ0n) is 7.87. The number of nitrogens with two attached hydrogens (primary N) is 1. The summed E-state index contributed by atoms with van der Waals surface area (Å²) >= 11 is 0. The van der Waals surface area contributed by atoms with Crippen LogP contribution in [0.25, 0.3) is 0 Å². The first-order valence-electron chi connectivity index (χ1n) is 4.81. The van der Waals surface area contributed by atoms with E-state index in [4.69, 9.17) is 10.8 Å². The van der Waals surface area contributed by atoms with E-state index in [2.05, 4.69) is 11.8 Å². The van der Waals surface area contributed by atoms with Crippen molar-refractivity contribution < 1.29 is 5.11 Å². The summed E-state index contributed by atoms with van der Waals surface area (Å²) in [7, 11) is 0. The molecule has 0 amide bonds. The van der Waals surface area contributed by atoms with Crippen molar-refractivity contribution in [3.05, 3.63) is 0 Å². The molecule has 3 heteroatoms. The van der Waals surface area contributed by atoms with Gasteiger partial charge < -0.3 is 15.7 Å². The van der Waals surface area contributed by atoms with Crippen molar-refractivity contribution in [1.29, 1.82) is 0 Å². The molecule has 0 saturated carbocycles. The summed E-state index contributed by atoms with van der Waals surface area (Å²) in [4.78, 5) is 2.36. The molecule has 3 N–H and O–H groups in total. The van der Waals surface area contributed by atoms with E-state index in [0.29, 0.717) is 12.0 Å². The van der Waals surface area contributed by atoms with Crippen LogP contribution in [0.15, 0.2) is 0 Å². The third-order valence-electron chi connectivity index (χ3n) is 2.42. The zero-order chi connectivity index (χ0) is 8.97. The normalized spacial score (nSPS) is 28.8. The van der Waals surface area contributed by atoms with E-state index < -0.39 is 0 Å². The summed E-state index contributed by atoms with van der Waals surface area (Å²) < 4.78 is 0. The van der Waals surface area contributed by atoms with Gasteiger partial charge in [0.15, 0.2) is 0 Å².